The molecule has 4 aromatic carbocycles. The van der Waals surface area contributed by atoms with E-state index in [4.69, 9.17) is 4.74 Å². The lowest BCUT2D eigenvalue weighted by Gasteiger charge is -2.37. The summed E-state index contributed by atoms with van der Waals surface area (Å²) >= 11 is 0. The van der Waals surface area contributed by atoms with E-state index in [1.54, 1.807) is 0 Å². The maximum atomic E-state index is 13.0. The number of rotatable bonds is 5. The van der Waals surface area contributed by atoms with E-state index in [9.17, 15) is 4.79 Å². The third kappa shape index (κ3) is 4.34. The van der Waals surface area contributed by atoms with Crippen LogP contribution in [0, 0.1) is 0 Å². The Morgan fingerprint density at radius 1 is 0.625 bits per heavy atom. The van der Waals surface area contributed by atoms with Crippen molar-refractivity contribution < 1.29 is 9.53 Å². The molecule has 3 nitrogen and oxygen atoms in total. The molecular weight excluding hydrogens is 394 g/mol. The van der Waals surface area contributed by atoms with Gasteiger partial charge in [0, 0.05) is 0 Å². The van der Waals surface area contributed by atoms with Crippen molar-refractivity contribution in [1.29, 1.82) is 0 Å². The molecule has 0 aliphatic carbocycles. The van der Waals surface area contributed by atoms with E-state index in [2.05, 4.69) is 53.8 Å². The molecule has 1 fully saturated rings. The van der Waals surface area contributed by atoms with E-state index < -0.39 is 6.04 Å². The van der Waals surface area contributed by atoms with E-state index in [0.29, 0.717) is 6.42 Å². The average molecular weight is 420 g/mol. The van der Waals surface area contributed by atoms with Gasteiger partial charge < -0.3 is 4.74 Å². The normalized spacial score (nSPS) is 20.5. The van der Waals surface area contributed by atoms with Crippen LogP contribution in [-0.4, -0.2) is 12.0 Å². The van der Waals surface area contributed by atoms with Crippen LogP contribution in [0.4, 0.5) is 0 Å². The van der Waals surface area contributed by atoms with E-state index >= 15 is 0 Å². The number of hydrogen-bond donors (Lipinski definition) is 1. The fourth-order valence-electron chi connectivity index (χ4n) is 4.32. The minimum atomic E-state index is -0.400. The zero-order valence-electron chi connectivity index (χ0n) is 17.7. The lowest BCUT2D eigenvalue weighted by atomic mass is 9.91. The van der Waals surface area contributed by atoms with Crippen molar-refractivity contribution in [3.05, 3.63) is 132 Å². The molecule has 0 aromatic heterocycles. The molecule has 2 unspecified atom stereocenters. The van der Waals surface area contributed by atoms with Gasteiger partial charge in [-0.05, 0) is 34.2 Å². The number of esters is 1. The summed E-state index contributed by atoms with van der Waals surface area (Å²) in [6.07, 6.45) is 0.224. The molecule has 1 heterocycles. The van der Waals surface area contributed by atoms with E-state index in [0.717, 1.165) is 16.7 Å². The van der Waals surface area contributed by atoms with Crippen LogP contribution in [0.15, 0.2) is 115 Å². The van der Waals surface area contributed by atoms with Crippen LogP contribution in [0.2, 0.25) is 0 Å². The molecular formula is C29H25NO2. The smallest absolute Gasteiger partial charge is 0.324 e. The second-order valence-corrected chi connectivity index (χ2v) is 8.14. The number of morpholine rings is 1. The molecule has 0 bridgehead atoms. The lowest BCUT2D eigenvalue weighted by molar-refractivity contribution is -0.160. The summed E-state index contributed by atoms with van der Waals surface area (Å²) in [7, 11) is 0. The number of hydrogen-bond acceptors (Lipinski definition) is 3. The molecule has 32 heavy (non-hydrogen) atoms. The highest BCUT2D eigenvalue weighted by atomic mass is 16.5. The van der Waals surface area contributed by atoms with Gasteiger partial charge in [-0.15, -0.1) is 0 Å². The number of nitrogens with one attached hydrogen (secondary N) is 1. The van der Waals surface area contributed by atoms with Gasteiger partial charge in [0.1, 0.15) is 12.1 Å². The minimum absolute atomic E-state index is 0.107. The van der Waals surface area contributed by atoms with Gasteiger partial charge in [0.15, 0.2) is 0 Å². The summed E-state index contributed by atoms with van der Waals surface area (Å²) in [4.78, 5) is 13.0. The van der Waals surface area contributed by atoms with Crippen LogP contribution in [0.3, 0.4) is 0 Å². The highest BCUT2D eigenvalue weighted by molar-refractivity contribution is 5.78. The molecule has 0 spiro atoms. The van der Waals surface area contributed by atoms with Crippen molar-refractivity contribution in [2.45, 2.75) is 24.6 Å². The van der Waals surface area contributed by atoms with Gasteiger partial charge in [-0.2, -0.15) is 0 Å². The number of cyclic esters (lactones) is 1. The Labute approximate surface area is 188 Å². The maximum absolute atomic E-state index is 13.0. The summed E-state index contributed by atoms with van der Waals surface area (Å²) in [5.74, 6) is -0.210. The predicted molar refractivity (Wildman–Crippen MR) is 127 cm³/mol. The first-order valence-electron chi connectivity index (χ1n) is 11.0. The number of carbonyl (C=O) groups excluding carboxylic acids is 1. The van der Waals surface area contributed by atoms with Gasteiger partial charge in [0.2, 0.25) is 0 Å². The second-order valence-electron chi connectivity index (χ2n) is 8.14. The first kappa shape index (κ1) is 20.2. The van der Waals surface area contributed by atoms with Crippen LogP contribution < -0.4 is 5.32 Å². The third-order valence-electron chi connectivity index (χ3n) is 6.00. The molecule has 3 heteroatoms. The molecule has 1 aliphatic heterocycles. The van der Waals surface area contributed by atoms with Gasteiger partial charge in [-0.1, -0.05) is 115 Å². The average Bonchev–Trinajstić information content (AvgIpc) is 2.87. The molecule has 158 valence electrons. The highest BCUT2D eigenvalue weighted by Crippen LogP contribution is 2.36. The van der Waals surface area contributed by atoms with Gasteiger partial charge in [0.05, 0.1) is 6.04 Å². The Hall–Kier alpha value is -3.69. The van der Waals surface area contributed by atoms with Crippen molar-refractivity contribution >= 4 is 5.97 Å². The molecule has 0 radical (unpaired) electrons. The van der Waals surface area contributed by atoms with Crippen LogP contribution in [0.5, 0.6) is 0 Å². The summed E-state index contributed by atoms with van der Waals surface area (Å²) < 4.78 is 6.02. The molecule has 3 atom stereocenters. The van der Waals surface area contributed by atoms with Crippen LogP contribution in [0.25, 0.3) is 11.1 Å². The molecule has 0 saturated carbocycles. The SMILES string of the molecule is O=C1OC(c2ccccc2)[C@H](c2ccccc2)NC1Cc1ccc(-c2ccccc2)cc1. The lowest BCUT2D eigenvalue weighted by Crippen LogP contribution is -2.49. The van der Waals surface area contributed by atoms with Gasteiger partial charge in [-0.25, -0.2) is 0 Å². The van der Waals surface area contributed by atoms with E-state index in [1.165, 1.54) is 11.1 Å². The predicted octanol–water partition coefficient (Wildman–Crippen LogP) is 5.89. The van der Waals surface area contributed by atoms with Crippen molar-refractivity contribution in [3.8, 4) is 11.1 Å². The summed E-state index contributed by atoms with van der Waals surface area (Å²) in [6, 6.07) is 38.4. The number of ether oxygens (including phenoxy) is 1. The standard InChI is InChI=1S/C29H25NO2/c31-29-26(20-21-16-18-23(19-17-21)22-10-4-1-5-11-22)30-27(24-12-6-2-7-13-24)28(32-29)25-14-8-3-9-15-25/h1-19,26-28,30H,20H2/t26?,27-,28?/m0/s1. The third-order valence-corrected chi connectivity index (χ3v) is 6.00. The zero-order chi connectivity index (χ0) is 21.8. The Balaban J connectivity index is 1.38. The Morgan fingerprint density at radius 2 is 1.16 bits per heavy atom. The van der Waals surface area contributed by atoms with Crippen LogP contribution in [0.1, 0.15) is 28.8 Å². The van der Waals surface area contributed by atoms with Gasteiger partial charge in [-0.3, -0.25) is 10.1 Å². The zero-order valence-corrected chi connectivity index (χ0v) is 17.7. The van der Waals surface area contributed by atoms with E-state index in [1.807, 2.05) is 66.7 Å². The topological polar surface area (TPSA) is 38.3 Å². The highest BCUT2D eigenvalue weighted by Gasteiger charge is 2.38. The summed E-state index contributed by atoms with van der Waals surface area (Å²) in [5, 5.41) is 3.59. The monoisotopic (exact) mass is 419 g/mol. The van der Waals surface area contributed by atoms with Crippen molar-refractivity contribution in [3.63, 3.8) is 0 Å². The molecule has 1 aliphatic rings. The Bertz CT molecular complexity index is 1160. The maximum Gasteiger partial charge on any atom is 0.324 e. The first-order valence-corrected chi connectivity index (χ1v) is 11.0. The molecule has 0 amide bonds. The Kier molecular flexibility index (Phi) is 5.82. The molecule has 5 rings (SSSR count). The van der Waals surface area contributed by atoms with Crippen LogP contribution >= 0.6 is 0 Å². The fraction of sp³-hybridized carbons (Fsp3) is 0.138. The number of benzene rings is 4. The van der Waals surface area contributed by atoms with Crippen molar-refractivity contribution in [2.75, 3.05) is 0 Å². The van der Waals surface area contributed by atoms with Crippen molar-refractivity contribution in [2.24, 2.45) is 0 Å². The quantitative estimate of drug-likeness (QED) is 0.410. The molecule has 1 N–H and O–H groups in total. The number of carbonyl (C=O) groups is 1. The largest absolute Gasteiger partial charge is 0.454 e. The molecule has 1 saturated heterocycles. The Morgan fingerprint density at radius 3 is 1.78 bits per heavy atom. The first-order chi connectivity index (χ1) is 15.8. The second kappa shape index (κ2) is 9.21. The van der Waals surface area contributed by atoms with Gasteiger partial charge in [0.25, 0.3) is 0 Å². The molecule has 4 aromatic rings. The van der Waals surface area contributed by atoms with Crippen LogP contribution in [-0.2, 0) is 16.0 Å². The fourth-order valence-corrected chi connectivity index (χ4v) is 4.32. The van der Waals surface area contributed by atoms with Crippen molar-refractivity contribution in [1.82, 2.24) is 5.32 Å². The summed E-state index contributed by atoms with van der Waals surface area (Å²) in [6.45, 7) is 0. The van der Waals surface area contributed by atoms with Gasteiger partial charge >= 0.3 is 5.97 Å². The minimum Gasteiger partial charge on any atom is -0.454 e. The van der Waals surface area contributed by atoms with E-state index in [-0.39, 0.29) is 18.1 Å². The summed E-state index contributed by atoms with van der Waals surface area (Å²) in [5.41, 5.74) is 5.55.